The highest BCUT2D eigenvalue weighted by molar-refractivity contribution is 5.83. The topological polar surface area (TPSA) is 62.1 Å². The molecule has 0 N–H and O–H groups in total. The zero-order chi connectivity index (χ0) is 32.1. The van der Waals surface area contributed by atoms with E-state index in [4.69, 9.17) is 19.2 Å². The quantitative estimate of drug-likeness (QED) is 0.181. The van der Waals surface area contributed by atoms with E-state index in [9.17, 15) is 9.18 Å². The Hall–Kier alpha value is -4.49. The van der Waals surface area contributed by atoms with E-state index in [-0.39, 0.29) is 11.2 Å². The zero-order valence-electron chi connectivity index (χ0n) is 26.9. The van der Waals surface area contributed by atoms with E-state index < -0.39 is 17.7 Å². The number of pyridine rings is 1. The van der Waals surface area contributed by atoms with Gasteiger partial charge in [0.05, 0.1) is 30.7 Å². The molecule has 3 aromatic carbocycles. The summed E-state index contributed by atoms with van der Waals surface area (Å²) in [6.45, 7) is 12.9. The van der Waals surface area contributed by atoms with Gasteiger partial charge in [-0.2, -0.15) is 0 Å². The molecule has 0 aliphatic carbocycles. The van der Waals surface area contributed by atoms with Crippen LogP contribution in [0, 0.1) is 12.7 Å². The number of rotatable bonds is 6. The Balaban J connectivity index is 1.60. The predicted octanol–water partition coefficient (Wildman–Crippen LogP) is 8.87. The fourth-order valence-electron chi connectivity index (χ4n) is 6.10. The smallest absolute Gasteiger partial charge is 0.339 e. The van der Waals surface area contributed by atoms with Gasteiger partial charge in [0.2, 0.25) is 0 Å². The first-order valence-corrected chi connectivity index (χ1v) is 15.3. The third kappa shape index (κ3) is 5.97. The van der Waals surface area contributed by atoms with Crippen molar-refractivity contribution in [3.63, 3.8) is 0 Å². The molecule has 0 saturated heterocycles. The number of ether oxygens (including phenoxy) is 3. The predicted molar refractivity (Wildman–Crippen MR) is 175 cm³/mol. The first-order valence-electron chi connectivity index (χ1n) is 15.3. The zero-order valence-corrected chi connectivity index (χ0v) is 26.9. The van der Waals surface area contributed by atoms with E-state index in [1.165, 1.54) is 19.2 Å². The highest BCUT2D eigenvalue weighted by Crippen LogP contribution is 2.43. The molecule has 6 nitrogen and oxygen atoms in total. The van der Waals surface area contributed by atoms with Crippen molar-refractivity contribution in [3.8, 4) is 39.4 Å². The summed E-state index contributed by atoms with van der Waals surface area (Å²) in [6, 6.07) is 22.7. The standard InChI is InChI=1S/C38H39FN2O4/c1-23-19-32-40-30(26-10-8-9-25(20-26)24-11-14-28(39)15-12-24)22-41(32)34(33(23)35(36(42)43-7)45-37(2,3)4)27-13-16-31-29(21-27)38(5,6)17-18-44-31/h8-16,19-22,35H,17-18H2,1-7H3/t35-/m0/s1. The number of carbonyl (C=O) groups excluding carboxylic acids is 1. The second-order valence-corrected chi connectivity index (χ2v) is 13.4. The van der Waals surface area contributed by atoms with Crippen molar-refractivity contribution < 1.29 is 23.4 Å². The number of benzene rings is 3. The van der Waals surface area contributed by atoms with Gasteiger partial charge in [-0.3, -0.25) is 4.40 Å². The largest absolute Gasteiger partial charge is 0.493 e. The van der Waals surface area contributed by atoms with Crippen LogP contribution < -0.4 is 4.74 Å². The first kappa shape index (κ1) is 30.5. The number of hydrogen-bond donors (Lipinski definition) is 0. The molecule has 3 heterocycles. The molecule has 0 amide bonds. The van der Waals surface area contributed by atoms with Crippen LogP contribution >= 0.6 is 0 Å². The van der Waals surface area contributed by atoms with Crippen LogP contribution in [0.3, 0.4) is 0 Å². The Labute approximate surface area is 263 Å². The Bertz CT molecular complexity index is 1900. The molecule has 0 bridgehead atoms. The number of fused-ring (bicyclic) bond motifs is 2. The molecule has 1 aliphatic rings. The fraction of sp³-hybridized carbons (Fsp3) is 0.316. The van der Waals surface area contributed by atoms with Crippen molar-refractivity contribution in [2.45, 2.75) is 65.1 Å². The van der Waals surface area contributed by atoms with Gasteiger partial charge in [-0.05, 0) is 104 Å². The fourth-order valence-corrected chi connectivity index (χ4v) is 6.10. The lowest BCUT2D eigenvalue weighted by atomic mass is 9.79. The molecule has 2 aromatic heterocycles. The van der Waals surface area contributed by atoms with Gasteiger partial charge in [0.25, 0.3) is 0 Å². The lowest BCUT2D eigenvalue weighted by Gasteiger charge is -2.33. The maximum atomic E-state index is 13.6. The molecule has 0 fully saturated rings. The maximum Gasteiger partial charge on any atom is 0.339 e. The summed E-state index contributed by atoms with van der Waals surface area (Å²) in [5, 5.41) is 0. The van der Waals surface area contributed by atoms with Crippen molar-refractivity contribution in [1.29, 1.82) is 0 Å². The van der Waals surface area contributed by atoms with E-state index in [0.717, 1.165) is 68.1 Å². The van der Waals surface area contributed by atoms with Gasteiger partial charge in [0, 0.05) is 22.9 Å². The van der Waals surface area contributed by atoms with Crippen LogP contribution in [0.4, 0.5) is 4.39 Å². The van der Waals surface area contributed by atoms with Gasteiger partial charge in [0.15, 0.2) is 6.10 Å². The Morgan fingerprint density at radius 2 is 1.69 bits per heavy atom. The lowest BCUT2D eigenvalue weighted by Crippen LogP contribution is -2.29. The molecule has 7 heteroatoms. The lowest BCUT2D eigenvalue weighted by molar-refractivity contribution is -0.164. The van der Waals surface area contributed by atoms with Crippen molar-refractivity contribution >= 4 is 11.6 Å². The van der Waals surface area contributed by atoms with Crippen LogP contribution in [0.1, 0.15) is 63.8 Å². The summed E-state index contributed by atoms with van der Waals surface area (Å²) in [5.74, 6) is 0.134. The number of aromatic nitrogens is 2. The van der Waals surface area contributed by atoms with Crippen molar-refractivity contribution in [1.82, 2.24) is 9.38 Å². The molecule has 6 rings (SSSR count). The maximum absolute atomic E-state index is 13.6. The van der Waals surface area contributed by atoms with E-state index >= 15 is 0 Å². The molecule has 1 atom stereocenters. The highest BCUT2D eigenvalue weighted by atomic mass is 19.1. The number of aryl methyl sites for hydroxylation is 1. The van der Waals surface area contributed by atoms with Gasteiger partial charge in [-0.1, -0.05) is 44.2 Å². The second kappa shape index (κ2) is 11.5. The summed E-state index contributed by atoms with van der Waals surface area (Å²) >= 11 is 0. The number of hydrogen-bond acceptors (Lipinski definition) is 5. The summed E-state index contributed by atoms with van der Waals surface area (Å²) in [4.78, 5) is 18.5. The van der Waals surface area contributed by atoms with Crippen molar-refractivity contribution in [2.24, 2.45) is 0 Å². The average Bonchev–Trinajstić information content (AvgIpc) is 3.42. The molecule has 232 valence electrons. The minimum Gasteiger partial charge on any atom is -0.493 e. The minimum absolute atomic E-state index is 0.0861. The molecule has 5 aromatic rings. The van der Waals surface area contributed by atoms with E-state index in [1.807, 2.05) is 74.7 Å². The SMILES string of the molecule is COC(=O)[C@@H](OC(C)(C)C)c1c(C)cc2nc(-c3cccc(-c4ccc(F)cc4)c3)cn2c1-c1ccc2c(c1)C(C)(C)CCO2. The number of imidazole rings is 1. The van der Waals surface area contributed by atoms with Gasteiger partial charge < -0.3 is 14.2 Å². The summed E-state index contributed by atoms with van der Waals surface area (Å²) in [5.41, 5.74) is 8.03. The number of esters is 1. The third-order valence-electron chi connectivity index (χ3n) is 8.45. The van der Waals surface area contributed by atoms with Crippen molar-refractivity contribution in [2.75, 3.05) is 13.7 Å². The molecule has 0 unspecified atom stereocenters. The number of methoxy groups -OCH3 is 1. The van der Waals surface area contributed by atoms with Crippen molar-refractivity contribution in [3.05, 3.63) is 102 Å². The van der Waals surface area contributed by atoms with Crippen LogP contribution in [0.2, 0.25) is 0 Å². The van der Waals surface area contributed by atoms with Crippen LogP contribution in [-0.2, 0) is 19.7 Å². The average molecular weight is 607 g/mol. The molecule has 0 spiro atoms. The Morgan fingerprint density at radius 3 is 2.40 bits per heavy atom. The Morgan fingerprint density at radius 1 is 0.978 bits per heavy atom. The molecule has 0 radical (unpaired) electrons. The second-order valence-electron chi connectivity index (χ2n) is 13.4. The Kier molecular flexibility index (Phi) is 7.77. The van der Waals surface area contributed by atoms with Crippen LogP contribution in [0.5, 0.6) is 5.75 Å². The van der Waals surface area contributed by atoms with Gasteiger partial charge >= 0.3 is 5.97 Å². The molecular formula is C38H39FN2O4. The summed E-state index contributed by atoms with van der Waals surface area (Å²) in [7, 11) is 1.39. The van der Waals surface area contributed by atoms with Crippen LogP contribution in [0.25, 0.3) is 39.3 Å². The van der Waals surface area contributed by atoms with E-state index in [0.29, 0.717) is 6.61 Å². The minimum atomic E-state index is -0.970. The van der Waals surface area contributed by atoms with Gasteiger partial charge in [0.1, 0.15) is 17.2 Å². The van der Waals surface area contributed by atoms with E-state index in [2.05, 4.69) is 26.0 Å². The molecule has 45 heavy (non-hydrogen) atoms. The van der Waals surface area contributed by atoms with Gasteiger partial charge in [-0.15, -0.1) is 0 Å². The number of halogens is 1. The van der Waals surface area contributed by atoms with Crippen LogP contribution in [0.15, 0.2) is 79.0 Å². The van der Waals surface area contributed by atoms with Crippen LogP contribution in [-0.4, -0.2) is 34.7 Å². The summed E-state index contributed by atoms with van der Waals surface area (Å²) < 4.78 is 33.4. The van der Waals surface area contributed by atoms with Gasteiger partial charge in [-0.25, -0.2) is 14.2 Å². The molecular weight excluding hydrogens is 567 g/mol. The third-order valence-corrected chi connectivity index (χ3v) is 8.45. The molecule has 0 saturated carbocycles. The van der Waals surface area contributed by atoms with E-state index in [1.54, 1.807) is 12.1 Å². The number of carbonyl (C=O) groups is 1. The number of nitrogens with zero attached hydrogens (tertiary/aromatic N) is 2. The highest BCUT2D eigenvalue weighted by Gasteiger charge is 2.35. The normalized spacial score (nSPS) is 14.9. The first-order chi connectivity index (χ1) is 21.3. The monoisotopic (exact) mass is 606 g/mol. The molecule has 1 aliphatic heterocycles. The summed E-state index contributed by atoms with van der Waals surface area (Å²) in [6.07, 6.45) is 1.93.